The summed E-state index contributed by atoms with van der Waals surface area (Å²) < 4.78 is 5.08. The van der Waals surface area contributed by atoms with E-state index in [-0.39, 0.29) is 24.8 Å². The number of amides is 2. The minimum absolute atomic E-state index is 0.00688. The fraction of sp³-hybridized carbons (Fsp3) is 0.259. The lowest BCUT2D eigenvalue weighted by Gasteiger charge is -2.23. The molecule has 0 saturated carbocycles. The number of nitrogens with one attached hydrogen (secondary N) is 1. The van der Waals surface area contributed by atoms with E-state index in [1.165, 1.54) is 18.2 Å². The molecule has 0 aromatic heterocycles. The van der Waals surface area contributed by atoms with Crippen molar-refractivity contribution in [1.82, 2.24) is 5.32 Å². The summed E-state index contributed by atoms with van der Waals surface area (Å²) in [5.41, 5.74) is 6.03. The predicted octanol–water partition coefficient (Wildman–Crippen LogP) is 4.34. The van der Waals surface area contributed by atoms with Gasteiger partial charge in [-0.15, -0.1) is 0 Å². The Kier molecular flexibility index (Phi) is 8.17. The molecule has 0 atom stereocenters. The van der Waals surface area contributed by atoms with E-state index in [0.29, 0.717) is 13.1 Å². The van der Waals surface area contributed by atoms with Gasteiger partial charge in [0.05, 0.1) is 13.0 Å². The molecule has 32 heavy (non-hydrogen) atoms. The van der Waals surface area contributed by atoms with Gasteiger partial charge in [-0.25, -0.2) is 0 Å². The van der Waals surface area contributed by atoms with Crippen molar-refractivity contribution >= 4 is 17.5 Å². The van der Waals surface area contributed by atoms with Gasteiger partial charge in [-0.3, -0.25) is 9.59 Å². The Morgan fingerprint density at radius 3 is 2.28 bits per heavy atom. The van der Waals surface area contributed by atoms with E-state index >= 15 is 0 Å². The second-order valence-corrected chi connectivity index (χ2v) is 8.01. The maximum absolute atomic E-state index is 12.8. The second kappa shape index (κ2) is 11.3. The van der Waals surface area contributed by atoms with Crippen LogP contribution in [-0.2, 0) is 33.8 Å². The third-order valence-corrected chi connectivity index (χ3v) is 5.19. The van der Waals surface area contributed by atoms with Crippen LogP contribution in [0.15, 0.2) is 72.8 Å². The zero-order valence-electron chi connectivity index (χ0n) is 18.9. The first-order chi connectivity index (χ1) is 15.4. The standard InChI is InChI=1S/C27H30N2O3/c1-20-10-12-22(13-11-20)18-29(27(31)19-32-3)25-9-5-7-23(15-25)16-26(30)28-17-24-8-4-6-21(2)14-24/h4-15H,16-19H2,1-3H3,(H,28,30). The molecule has 3 aromatic carbocycles. The number of ether oxygens (including phenoxy) is 1. The Morgan fingerprint density at radius 1 is 0.844 bits per heavy atom. The lowest BCUT2D eigenvalue weighted by atomic mass is 10.1. The topological polar surface area (TPSA) is 58.6 Å². The monoisotopic (exact) mass is 430 g/mol. The number of nitrogens with zero attached hydrogens (tertiary/aromatic N) is 1. The van der Waals surface area contributed by atoms with Crippen molar-refractivity contribution in [2.24, 2.45) is 0 Å². The van der Waals surface area contributed by atoms with E-state index in [9.17, 15) is 9.59 Å². The Bertz CT molecular complexity index is 1060. The van der Waals surface area contributed by atoms with Gasteiger partial charge in [-0.1, -0.05) is 71.8 Å². The highest BCUT2D eigenvalue weighted by atomic mass is 16.5. The molecular formula is C27H30N2O3. The molecule has 0 fully saturated rings. The number of anilines is 1. The molecule has 3 aromatic rings. The summed E-state index contributed by atoms with van der Waals surface area (Å²) in [4.78, 5) is 27.0. The normalized spacial score (nSPS) is 10.6. The van der Waals surface area contributed by atoms with Crippen molar-refractivity contribution < 1.29 is 14.3 Å². The van der Waals surface area contributed by atoms with Crippen molar-refractivity contribution in [1.29, 1.82) is 0 Å². The van der Waals surface area contributed by atoms with Crippen LogP contribution < -0.4 is 10.2 Å². The smallest absolute Gasteiger partial charge is 0.253 e. The van der Waals surface area contributed by atoms with Crippen LogP contribution in [0.25, 0.3) is 0 Å². The molecule has 0 radical (unpaired) electrons. The minimum atomic E-state index is -0.130. The van der Waals surface area contributed by atoms with Crippen LogP contribution in [0, 0.1) is 13.8 Å². The van der Waals surface area contributed by atoms with Crippen molar-refractivity contribution in [3.8, 4) is 0 Å². The van der Waals surface area contributed by atoms with Gasteiger partial charge in [0.25, 0.3) is 5.91 Å². The number of benzene rings is 3. The molecule has 0 aliphatic rings. The Morgan fingerprint density at radius 2 is 1.56 bits per heavy atom. The van der Waals surface area contributed by atoms with E-state index in [4.69, 9.17) is 4.74 Å². The van der Waals surface area contributed by atoms with Crippen LogP contribution in [0.5, 0.6) is 0 Å². The molecule has 1 N–H and O–H groups in total. The molecule has 0 aliphatic carbocycles. The van der Waals surface area contributed by atoms with Gasteiger partial charge in [0, 0.05) is 19.3 Å². The van der Waals surface area contributed by atoms with Crippen LogP contribution in [-0.4, -0.2) is 25.5 Å². The van der Waals surface area contributed by atoms with Gasteiger partial charge < -0.3 is 15.0 Å². The van der Waals surface area contributed by atoms with E-state index in [1.54, 1.807) is 4.90 Å². The van der Waals surface area contributed by atoms with Gasteiger partial charge in [-0.05, 0) is 42.7 Å². The van der Waals surface area contributed by atoms with Gasteiger partial charge in [-0.2, -0.15) is 0 Å². The average Bonchev–Trinajstić information content (AvgIpc) is 2.78. The van der Waals surface area contributed by atoms with E-state index in [1.807, 2.05) is 80.6 Å². The number of rotatable bonds is 9. The molecule has 3 rings (SSSR count). The lowest BCUT2D eigenvalue weighted by molar-refractivity contribution is -0.122. The van der Waals surface area contributed by atoms with Crippen LogP contribution in [0.1, 0.15) is 27.8 Å². The summed E-state index contributed by atoms with van der Waals surface area (Å²) >= 11 is 0. The second-order valence-electron chi connectivity index (χ2n) is 8.01. The van der Waals surface area contributed by atoms with Crippen LogP contribution in [0.4, 0.5) is 5.69 Å². The van der Waals surface area contributed by atoms with E-state index in [2.05, 4.69) is 11.4 Å². The molecule has 0 heterocycles. The fourth-order valence-corrected chi connectivity index (χ4v) is 3.51. The number of hydrogen-bond acceptors (Lipinski definition) is 3. The van der Waals surface area contributed by atoms with Crippen LogP contribution >= 0.6 is 0 Å². The minimum Gasteiger partial charge on any atom is -0.375 e. The van der Waals surface area contributed by atoms with E-state index in [0.717, 1.165) is 22.4 Å². The first-order valence-corrected chi connectivity index (χ1v) is 10.7. The third-order valence-electron chi connectivity index (χ3n) is 5.19. The van der Waals surface area contributed by atoms with Gasteiger partial charge in [0.1, 0.15) is 6.61 Å². The molecule has 5 heteroatoms. The lowest BCUT2D eigenvalue weighted by Crippen LogP contribution is -2.33. The molecule has 0 aliphatic heterocycles. The molecule has 166 valence electrons. The van der Waals surface area contributed by atoms with Gasteiger partial charge in [0.15, 0.2) is 0 Å². The number of aryl methyl sites for hydroxylation is 2. The molecule has 0 unspecified atom stereocenters. The highest BCUT2D eigenvalue weighted by molar-refractivity contribution is 5.94. The van der Waals surface area contributed by atoms with Crippen molar-refractivity contribution in [3.63, 3.8) is 0 Å². The van der Waals surface area contributed by atoms with Crippen LogP contribution in [0.3, 0.4) is 0 Å². The number of carbonyl (C=O) groups excluding carboxylic acids is 2. The summed E-state index contributed by atoms with van der Waals surface area (Å²) in [6.45, 7) is 4.99. The summed E-state index contributed by atoms with van der Waals surface area (Å²) in [6.07, 6.45) is 0.247. The largest absolute Gasteiger partial charge is 0.375 e. The summed E-state index contributed by atoms with van der Waals surface area (Å²) in [5.74, 6) is -0.189. The SMILES string of the molecule is COCC(=O)N(Cc1ccc(C)cc1)c1cccc(CC(=O)NCc2cccc(C)c2)c1. The molecule has 2 amide bonds. The highest BCUT2D eigenvalue weighted by Crippen LogP contribution is 2.20. The Balaban J connectivity index is 1.70. The zero-order valence-corrected chi connectivity index (χ0v) is 18.9. The van der Waals surface area contributed by atoms with Gasteiger partial charge >= 0.3 is 0 Å². The predicted molar refractivity (Wildman–Crippen MR) is 127 cm³/mol. The molecule has 0 saturated heterocycles. The molecule has 0 bridgehead atoms. The van der Waals surface area contributed by atoms with Crippen molar-refractivity contribution in [2.45, 2.75) is 33.4 Å². The van der Waals surface area contributed by atoms with Crippen molar-refractivity contribution in [2.75, 3.05) is 18.6 Å². The van der Waals surface area contributed by atoms with Crippen LogP contribution in [0.2, 0.25) is 0 Å². The maximum Gasteiger partial charge on any atom is 0.253 e. The Labute approximate surface area is 190 Å². The number of methoxy groups -OCH3 is 1. The summed E-state index contributed by atoms with van der Waals surface area (Å²) in [6, 6.07) is 23.7. The summed E-state index contributed by atoms with van der Waals surface area (Å²) in [7, 11) is 1.51. The highest BCUT2D eigenvalue weighted by Gasteiger charge is 2.17. The Hall–Kier alpha value is -3.44. The fourth-order valence-electron chi connectivity index (χ4n) is 3.51. The summed E-state index contributed by atoms with van der Waals surface area (Å²) in [5, 5.41) is 2.97. The molecular weight excluding hydrogens is 400 g/mol. The molecule has 5 nitrogen and oxygen atoms in total. The molecule has 0 spiro atoms. The average molecular weight is 431 g/mol. The first-order valence-electron chi connectivity index (χ1n) is 10.7. The number of carbonyl (C=O) groups is 2. The zero-order chi connectivity index (χ0) is 22.9. The van der Waals surface area contributed by atoms with E-state index < -0.39 is 0 Å². The van der Waals surface area contributed by atoms with Gasteiger partial charge in [0.2, 0.25) is 5.91 Å². The maximum atomic E-state index is 12.8. The van der Waals surface area contributed by atoms with Crippen molar-refractivity contribution in [3.05, 3.63) is 101 Å². The first kappa shape index (κ1) is 23.2. The third kappa shape index (κ3) is 6.79. The quantitative estimate of drug-likeness (QED) is 0.549. The number of hydrogen-bond donors (Lipinski definition) is 1.